The Morgan fingerprint density at radius 2 is 2.00 bits per heavy atom. The van der Waals surface area contributed by atoms with Gasteiger partial charge in [-0.2, -0.15) is 9.36 Å². The lowest BCUT2D eigenvalue weighted by Crippen LogP contribution is -2.29. The van der Waals surface area contributed by atoms with Crippen molar-refractivity contribution in [2.24, 2.45) is 0 Å². The zero-order chi connectivity index (χ0) is 19.7. The van der Waals surface area contributed by atoms with E-state index in [-0.39, 0.29) is 6.54 Å². The van der Waals surface area contributed by atoms with Gasteiger partial charge in [-0.1, -0.05) is 23.7 Å². The van der Waals surface area contributed by atoms with E-state index in [1.807, 2.05) is 24.4 Å². The molecule has 142 valence electrons. The van der Waals surface area contributed by atoms with E-state index < -0.39 is 11.6 Å². The number of halogens is 1. The standard InChI is InChI=1S/C17H13ClN6O2S2/c1-10-15(11-4-6-12(18)7-5-11)20-16(28-10)19-13(25)9-23-17(26)24(22-21-23)14-3-2-8-27-14/h2-8H,9H2,1H3,(H,19,20,25). The predicted molar refractivity (Wildman–Crippen MR) is 109 cm³/mol. The molecule has 1 aromatic carbocycles. The van der Waals surface area contributed by atoms with Gasteiger partial charge in [-0.15, -0.1) is 22.7 Å². The van der Waals surface area contributed by atoms with E-state index in [9.17, 15) is 9.59 Å². The minimum absolute atomic E-state index is 0.251. The van der Waals surface area contributed by atoms with E-state index in [0.29, 0.717) is 15.2 Å². The molecule has 11 heteroatoms. The normalized spacial score (nSPS) is 10.9. The first-order valence-corrected chi connectivity index (χ1v) is 10.2. The summed E-state index contributed by atoms with van der Waals surface area (Å²) in [6.45, 7) is 1.67. The lowest BCUT2D eigenvalue weighted by atomic mass is 10.1. The second-order valence-electron chi connectivity index (χ2n) is 5.76. The fraction of sp³-hybridized carbons (Fsp3) is 0.118. The number of carbonyl (C=O) groups is 1. The van der Waals surface area contributed by atoms with Crippen LogP contribution in [0.15, 0.2) is 46.6 Å². The van der Waals surface area contributed by atoms with Crippen LogP contribution in [0.25, 0.3) is 16.3 Å². The van der Waals surface area contributed by atoms with Crippen LogP contribution in [0.4, 0.5) is 5.13 Å². The molecule has 0 unspecified atom stereocenters. The Morgan fingerprint density at radius 3 is 2.71 bits per heavy atom. The molecule has 0 saturated heterocycles. The van der Waals surface area contributed by atoms with Gasteiger partial charge in [-0.25, -0.2) is 9.78 Å². The molecule has 8 nitrogen and oxygen atoms in total. The third-order valence-corrected chi connectivity index (χ3v) is 5.79. The molecule has 0 aliphatic heterocycles. The second kappa shape index (κ2) is 7.66. The van der Waals surface area contributed by atoms with E-state index in [1.165, 1.54) is 22.7 Å². The van der Waals surface area contributed by atoms with Crippen molar-refractivity contribution in [3.63, 3.8) is 0 Å². The van der Waals surface area contributed by atoms with Crippen LogP contribution in [0.1, 0.15) is 4.88 Å². The average Bonchev–Trinajstić information content (AvgIpc) is 3.38. The summed E-state index contributed by atoms with van der Waals surface area (Å²) in [7, 11) is 0. The number of anilines is 1. The maximum atomic E-state index is 12.3. The number of hydrogen-bond donors (Lipinski definition) is 1. The summed E-state index contributed by atoms with van der Waals surface area (Å²) < 4.78 is 2.17. The Bertz CT molecular complexity index is 1180. The van der Waals surface area contributed by atoms with Crippen molar-refractivity contribution in [2.75, 3.05) is 5.32 Å². The summed E-state index contributed by atoms with van der Waals surface area (Å²) >= 11 is 8.64. The molecule has 0 radical (unpaired) electrons. The number of nitrogens with zero attached hydrogens (tertiary/aromatic N) is 5. The molecular weight excluding hydrogens is 420 g/mol. The highest BCUT2D eigenvalue weighted by Gasteiger charge is 2.15. The van der Waals surface area contributed by atoms with Gasteiger partial charge in [0.2, 0.25) is 5.91 Å². The van der Waals surface area contributed by atoms with Crippen molar-refractivity contribution in [1.82, 2.24) is 24.8 Å². The van der Waals surface area contributed by atoms with Crippen LogP contribution < -0.4 is 11.0 Å². The molecule has 1 amide bonds. The van der Waals surface area contributed by atoms with E-state index in [1.54, 1.807) is 24.3 Å². The van der Waals surface area contributed by atoms with Crippen molar-refractivity contribution < 1.29 is 4.79 Å². The Kier molecular flexibility index (Phi) is 5.07. The number of benzene rings is 1. The summed E-state index contributed by atoms with van der Waals surface area (Å²) in [6, 6.07) is 10.9. The van der Waals surface area contributed by atoms with Crippen molar-refractivity contribution in [2.45, 2.75) is 13.5 Å². The Labute approximate surface area is 172 Å². The molecule has 3 heterocycles. The molecule has 0 aliphatic carbocycles. The maximum absolute atomic E-state index is 12.3. The number of aryl methyl sites for hydroxylation is 1. The van der Waals surface area contributed by atoms with Gasteiger partial charge in [-0.3, -0.25) is 4.79 Å². The van der Waals surface area contributed by atoms with Crippen LogP contribution in [0.5, 0.6) is 0 Å². The van der Waals surface area contributed by atoms with Gasteiger partial charge >= 0.3 is 5.69 Å². The fourth-order valence-electron chi connectivity index (χ4n) is 2.52. The summed E-state index contributed by atoms with van der Waals surface area (Å²) in [4.78, 5) is 30.1. The zero-order valence-corrected chi connectivity index (χ0v) is 16.9. The summed E-state index contributed by atoms with van der Waals surface area (Å²) in [5.41, 5.74) is 1.21. The van der Waals surface area contributed by atoms with Crippen molar-refractivity contribution in [1.29, 1.82) is 0 Å². The number of aromatic nitrogens is 5. The Hall–Kier alpha value is -2.82. The molecule has 0 atom stereocenters. The van der Waals surface area contributed by atoms with E-state index in [0.717, 1.165) is 25.5 Å². The third kappa shape index (κ3) is 3.75. The summed E-state index contributed by atoms with van der Waals surface area (Å²) in [5.74, 6) is -0.406. The first kappa shape index (κ1) is 18.5. The van der Waals surface area contributed by atoms with E-state index >= 15 is 0 Å². The Morgan fingerprint density at radius 1 is 1.21 bits per heavy atom. The average molecular weight is 433 g/mol. The Balaban J connectivity index is 1.48. The van der Waals surface area contributed by atoms with Crippen LogP contribution >= 0.6 is 34.3 Å². The quantitative estimate of drug-likeness (QED) is 0.522. The van der Waals surface area contributed by atoms with Crippen LogP contribution in [0.3, 0.4) is 0 Å². The molecule has 0 spiro atoms. The third-order valence-electron chi connectivity index (χ3n) is 3.81. The van der Waals surface area contributed by atoms with Gasteiger partial charge in [0.15, 0.2) is 5.13 Å². The molecule has 1 N–H and O–H groups in total. The predicted octanol–water partition coefficient (Wildman–Crippen LogP) is 3.21. The van der Waals surface area contributed by atoms with Gasteiger partial charge in [0.1, 0.15) is 11.5 Å². The highest BCUT2D eigenvalue weighted by molar-refractivity contribution is 7.16. The molecule has 0 saturated carbocycles. The highest BCUT2D eigenvalue weighted by atomic mass is 35.5. The lowest BCUT2D eigenvalue weighted by Gasteiger charge is -2.00. The molecule has 28 heavy (non-hydrogen) atoms. The number of rotatable bonds is 5. The fourth-order valence-corrected chi connectivity index (χ4v) is 4.17. The second-order valence-corrected chi connectivity index (χ2v) is 8.33. The van der Waals surface area contributed by atoms with Crippen LogP contribution in [-0.4, -0.2) is 30.7 Å². The molecule has 0 aliphatic rings. The number of thiophene rings is 1. The number of tetrazole rings is 1. The molecule has 0 bridgehead atoms. The number of amides is 1. The summed E-state index contributed by atoms with van der Waals surface area (Å²) in [5, 5.41) is 13.8. The minimum atomic E-state index is -0.477. The molecule has 4 rings (SSSR count). The zero-order valence-electron chi connectivity index (χ0n) is 14.5. The first-order chi connectivity index (χ1) is 13.5. The SMILES string of the molecule is Cc1sc(NC(=O)Cn2nnn(-c3cccs3)c2=O)nc1-c1ccc(Cl)cc1. The minimum Gasteiger partial charge on any atom is -0.300 e. The number of hydrogen-bond acceptors (Lipinski definition) is 7. The molecule has 3 aromatic heterocycles. The van der Waals surface area contributed by atoms with Crippen molar-refractivity contribution >= 4 is 45.3 Å². The molecule has 0 fully saturated rings. The van der Waals surface area contributed by atoms with Gasteiger partial charge in [0.05, 0.1) is 5.69 Å². The van der Waals surface area contributed by atoms with Crippen LogP contribution in [0, 0.1) is 6.92 Å². The van der Waals surface area contributed by atoms with Crippen LogP contribution in [-0.2, 0) is 11.3 Å². The van der Waals surface area contributed by atoms with Gasteiger partial charge in [0.25, 0.3) is 0 Å². The van der Waals surface area contributed by atoms with Gasteiger partial charge in [-0.05, 0) is 47.0 Å². The van der Waals surface area contributed by atoms with E-state index in [4.69, 9.17) is 11.6 Å². The van der Waals surface area contributed by atoms with Gasteiger partial charge in [0, 0.05) is 15.5 Å². The van der Waals surface area contributed by atoms with Crippen molar-refractivity contribution in [3.8, 4) is 16.3 Å². The van der Waals surface area contributed by atoms with Crippen molar-refractivity contribution in [3.05, 3.63) is 62.2 Å². The van der Waals surface area contributed by atoms with E-state index in [2.05, 4.69) is 20.7 Å². The maximum Gasteiger partial charge on any atom is 0.369 e. The van der Waals surface area contributed by atoms with Gasteiger partial charge < -0.3 is 5.32 Å². The topological polar surface area (TPSA) is 94.7 Å². The smallest absolute Gasteiger partial charge is 0.300 e. The largest absolute Gasteiger partial charge is 0.369 e. The molecule has 4 aromatic rings. The van der Waals surface area contributed by atoms with Crippen LogP contribution in [0.2, 0.25) is 5.02 Å². The lowest BCUT2D eigenvalue weighted by molar-refractivity contribution is -0.117. The number of thiazole rings is 1. The molecular formula is C17H13ClN6O2S2. The number of carbonyl (C=O) groups excluding carboxylic acids is 1. The first-order valence-electron chi connectivity index (χ1n) is 8.11. The highest BCUT2D eigenvalue weighted by Crippen LogP contribution is 2.30. The monoisotopic (exact) mass is 432 g/mol. The number of nitrogens with one attached hydrogen (secondary N) is 1. The summed E-state index contributed by atoms with van der Waals surface area (Å²) in [6.07, 6.45) is 0.